The van der Waals surface area contributed by atoms with Crippen molar-refractivity contribution < 1.29 is 32.4 Å². The highest BCUT2D eigenvalue weighted by molar-refractivity contribution is 5.90. The van der Waals surface area contributed by atoms with Crippen LogP contribution in [0.5, 0.6) is 5.75 Å². The molecule has 0 atom stereocenters. The maximum absolute atomic E-state index is 12.2. The third kappa shape index (κ3) is 3.65. The monoisotopic (exact) mass is 318 g/mol. The molecule has 118 valence electrons. The largest absolute Gasteiger partial charge is 0.573 e. The molecule has 1 heterocycles. The molecule has 10 heteroatoms. The van der Waals surface area contributed by atoms with Crippen LogP contribution in [0.2, 0.25) is 0 Å². The molecule has 0 unspecified atom stereocenters. The summed E-state index contributed by atoms with van der Waals surface area (Å²) >= 11 is 0. The normalized spacial score (nSPS) is 11.4. The first-order valence-electron chi connectivity index (χ1n) is 5.91. The molecular weight excluding hydrogens is 309 g/mol. The van der Waals surface area contributed by atoms with Gasteiger partial charge in [-0.3, -0.25) is 14.9 Å². The van der Waals surface area contributed by atoms with Gasteiger partial charge in [0, 0.05) is 17.5 Å². The Labute approximate surface area is 120 Å². The van der Waals surface area contributed by atoms with E-state index in [1.165, 1.54) is 6.07 Å². The Morgan fingerprint density at radius 1 is 1.32 bits per heavy atom. The number of aromatic amines is 1. The van der Waals surface area contributed by atoms with Crippen molar-refractivity contribution in [2.24, 2.45) is 0 Å². The molecule has 1 N–H and O–H groups in total. The Balaban J connectivity index is 2.42. The van der Waals surface area contributed by atoms with Crippen LogP contribution < -0.4 is 4.74 Å². The van der Waals surface area contributed by atoms with E-state index in [9.17, 15) is 28.1 Å². The fourth-order valence-electron chi connectivity index (χ4n) is 1.94. The number of H-pyrrole nitrogens is 1. The summed E-state index contributed by atoms with van der Waals surface area (Å²) in [7, 11) is 0. The highest BCUT2D eigenvalue weighted by atomic mass is 19.4. The molecule has 0 radical (unpaired) electrons. The average Bonchev–Trinajstić information content (AvgIpc) is 2.78. The van der Waals surface area contributed by atoms with Crippen LogP contribution >= 0.6 is 0 Å². The minimum Gasteiger partial charge on any atom is -0.467 e. The van der Waals surface area contributed by atoms with Crippen molar-refractivity contribution in [2.45, 2.75) is 12.8 Å². The molecule has 0 bridgehead atoms. The predicted molar refractivity (Wildman–Crippen MR) is 67.4 cm³/mol. The molecular formula is C12H9F3N2O5. The molecule has 0 fully saturated rings. The summed E-state index contributed by atoms with van der Waals surface area (Å²) in [6.07, 6.45) is -4.71. The van der Waals surface area contributed by atoms with Gasteiger partial charge in [0.25, 0.3) is 12.2 Å². The molecule has 1 aromatic heterocycles. The highest BCUT2D eigenvalue weighted by Crippen LogP contribution is 2.33. The first-order chi connectivity index (χ1) is 10.3. The van der Waals surface area contributed by atoms with Gasteiger partial charge in [0.15, 0.2) is 0 Å². The number of halogens is 3. The average molecular weight is 318 g/mol. The molecule has 0 aliphatic heterocycles. The number of benzene rings is 1. The van der Waals surface area contributed by atoms with Crippen LogP contribution in [0.4, 0.5) is 18.9 Å². The predicted octanol–water partition coefficient (Wildman–Crippen LogP) is 2.69. The zero-order valence-corrected chi connectivity index (χ0v) is 10.8. The lowest BCUT2D eigenvalue weighted by Crippen LogP contribution is -2.17. The van der Waals surface area contributed by atoms with E-state index in [-0.39, 0.29) is 30.4 Å². The van der Waals surface area contributed by atoms with Gasteiger partial charge in [-0.05, 0) is 12.1 Å². The van der Waals surface area contributed by atoms with Gasteiger partial charge in [-0.15, -0.1) is 13.2 Å². The molecule has 0 amide bonds. The zero-order chi connectivity index (χ0) is 16.3. The van der Waals surface area contributed by atoms with Crippen molar-refractivity contribution in [2.75, 3.05) is 6.61 Å². The molecule has 22 heavy (non-hydrogen) atoms. The summed E-state index contributed by atoms with van der Waals surface area (Å²) in [6.45, 7) is 0.288. The number of ether oxygens (including phenoxy) is 2. The maximum atomic E-state index is 12.2. The third-order valence-corrected chi connectivity index (χ3v) is 2.72. The number of alkyl halides is 3. The molecule has 0 spiro atoms. The number of aromatic nitrogens is 1. The van der Waals surface area contributed by atoms with E-state index < -0.39 is 22.7 Å². The number of hydrogen-bond donors (Lipinski definition) is 1. The van der Waals surface area contributed by atoms with E-state index in [4.69, 9.17) is 0 Å². The van der Waals surface area contributed by atoms with Crippen molar-refractivity contribution in [3.05, 3.63) is 34.0 Å². The van der Waals surface area contributed by atoms with Crippen LogP contribution in [0.25, 0.3) is 10.9 Å². The lowest BCUT2D eigenvalue weighted by Gasteiger charge is -2.08. The highest BCUT2D eigenvalue weighted by Gasteiger charge is 2.32. The number of hydrogen-bond acceptors (Lipinski definition) is 5. The number of nitro benzene ring substituents is 1. The Hall–Kier alpha value is -2.78. The van der Waals surface area contributed by atoms with Gasteiger partial charge in [-0.2, -0.15) is 0 Å². The smallest absolute Gasteiger partial charge is 0.467 e. The minimum absolute atomic E-state index is 0.0377. The molecule has 7 nitrogen and oxygen atoms in total. The molecule has 2 aromatic rings. The van der Waals surface area contributed by atoms with E-state index in [0.29, 0.717) is 11.8 Å². The Kier molecular flexibility index (Phi) is 4.20. The fourth-order valence-corrected chi connectivity index (χ4v) is 1.94. The summed E-state index contributed by atoms with van der Waals surface area (Å²) in [5, 5.41) is 11.2. The van der Waals surface area contributed by atoms with Crippen LogP contribution in [0.3, 0.4) is 0 Å². The van der Waals surface area contributed by atoms with Crippen LogP contribution in [0.1, 0.15) is 5.69 Å². The zero-order valence-electron chi connectivity index (χ0n) is 10.8. The van der Waals surface area contributed by atoms with Gasteiger partial charge in [0.05, 0.1) is 17.6 Å². The summed E-state index contributed by atoms with van der Waals surface area (Å²) in [5.74, 6) is -0.679. The number of carbonyl (C=O) groups excluding carboxylic acids is 1. The van der Waals surface area contributed by atoms with Gasteiger partial charge >= 0.3 is 6.36 Å². The number of non-ortho nitro benzene ring substituents is 1. The summed E-state index contributed by atoms with van der Waals surface area (Å²) in [4.78, 5) is 22.9. The Morgan fingerprint density at radius 3 is 2.64 bits per heavy atom. The second kappa shape index (κ2) is 5.92. The number of nitro groups is 1. The second-order valence-electron chi connectivity index (χ2n) is 4.22. The molecule has 0 aliphatic rings. The van der Waals surface area contributed by atoms with Gasteiger partial charge < -0.3 is 14.5 Å². The quantitative estimate of drug-likeness (QED) is 0.382. The topological polar surface area (TPSA) is 94.5 Å². The van der Waals surface area contributed by atoms with Crippen LogP contribution in [-0.2, 0) is 16.0 Å². The molecule has 0 saturated heterocycles. The van der Waals surface area contributed by atoms with Crippen molar-refractivity contribution in [1.82, 2.24) is 4.98 Å². The van der Waals surface area contributed by atoms with Crippen molar-refractivity contribution >= 4 is 23.1 Å². The SMILES string of the molecule is O=COCCc1cc2cc(OC(F)(F)F)cc([N+](=O)[O-])c2[nH]1. The van der Waals surface area contributed by atoms with Crippen molar-refractivity contribution in [3.8, 4) is 5.75 Å². The number of nitrogens with one attached hydrogen (secondary N) is 1. The van der Waals surface area contributed by atoms with E-state index in [1.54, 1.807) is 0 Å². The van der Waals surface area contributed by atoms with Crippen LogP contribution in [0, 0.1) is 10.1 Å². The molecule has 0 aliphatic carbocycles. The van der Waals surface area contributed by atoms with Crippen LogP contribution in [-0.4, -0.2) is 29.3 Å². The fraction of sp³-hybridized carbons (Fsp3) is 0.250. The minimum atomic E-state index is -4.95. The first kappa shape index (κ1) is 15.6. The number of nitrogens with zero attached hydrogens (tertiary/aromatic N) is 1. The van der Waals surface area contributed by atoms with Crippen molar-refractivity contribution in [3.63, 3.8) is 0 Å². The summed E-state index contributed by atoms with van der Waals surface area (Å²) in [6, 6.07) is 3.16. The Morgan fingerprint density at radius 2 is 2.05 bits per heavy atom. The van der Waals surface area contributed by atoms with Crippen LogP contribution in [0.15, 0.2) is 18.2 Å². The van der Waals surface area contributed by atoms with Gasteiger partial charge in [-0.25, -0.2) is 0 Å². The maximum Gasteiger partial charge on any atom is 0.573 e. The molecule has 0 saturated carbocycles. The molecule has 2 rings (SSSR count). The van der Waals surface area contributed by atoms with Gasteiger partial charge in [0.1, 0.15) is 11.3 Å². The van der Waals surface area contributed by atoms with Gasteiger partial charge in [-0.1, -0.05) is 0 Å². The van der Waals surface area contributed by atoms with Gasteiger partial charge in [0.2, 0.25) is 0 Å². The summed E-state index contributed by atoms with van der Waals surface area (Å²) < 4.78 is 44.9. The third-order valence-electron chi connectivity index (χ3n) is 2.72. The molecule has 1 aromatic carbocycles. The summed E-state index contributed by atoms with van der Waals surface area (Å²) in [5.41, 5.74) is 0.00374. The van der Waals surface area contributed by atoms with E-state index >= 15 is 0 Å². The standard InChI is InChI=1S/C12H9F3N2O5/c13-12(14,15)22-9-4-7-3-8(1-2-21-6-18)16-11(7)10(5-9)17(19)20/h3-6,16H,1-2H2. The van der Waals surface area contributed by atoms with Crippen molar-refractivity contribution in [1.29, 1.82) is 0 Å². The lowest BCUT2D eigenvalue weighted by atomic mass is 10.2. The number of rotatable bonds is 6. The van der Waals surface area contributed by atoms with E-state index in [2.05, 4.69) is 14.5 Å². The number of carbonyl (C=O) groups is 1. The first-order valence-corrected chi connectivity index (χ1v) is 5.91. The van der Waals surface area contributed by atoms with E-state index in [0.717, 1.165) is 6.07 Å². The Bertz CT molecular complexity index is 711. The number of fused-ring (bicyclic) bond motifs is 1. The lowest BCUT2D eigenvalue weighted by molar-refractivity contribution is -0.383. The van der Waals surface area contributed by atoms with E-state index in [1.807, 2.05) is 0 Å². The second-order valence-corrected chi connectivity index (χ2v) is 4.22.